The lowest BCUT2D eigenvalue weighted by Crippen LogP contribution is -2.42. The number of aromatic amines is 1. The zero-order valence-electron chi connectivity index (χ0n) is 15.9. The molecule has 0 radical (unpaired) electrons. The lowest BCUT2D eigenvalue weighted by Gasteiger charge is -2.22. The maximum absolute atomic E-state index is 12.7. The van der Waals surface area contributed by atoms with E-state index in [0.717, 1.165) is 16.3 Å². The fraction of sp³-hybridized carbons (Fsp3) is 0.300. The van der Waals surface area contributed by atoms with Crippen molar-refractivity contribution in [1.29, 1.82) is 0 Å². The number of aromatic nitrogens is 2. The highest BCUT2D eigenvalue weighted by atomic mass is 32.2. The van der Waals surface area contributed by atoms with Crippen molar-refractivity contribution in [3.63, 3.8) is 0 Å². The summed E-state index contributed by atoms with van der Waals surface area (Å²) in [5.41, 5.74) is 1.05. The largest absolute Gasteiger partial charge is 0.335 e. The van der Waals surface area contributed by atoms with Gasteiger partial charge in [0.15, 0.2) is 5.03 Å². The lowest BCUT2D eigenvalue weighted by atomic mass is 10.0. The molecule has 0 atom stereocenters. The number of rotatable bonds is 4. The number of urea groups is 1. The minimum absolute atomic E-state index is 0.0753. The fourth-order valence-corrected chi connectivity index (χ4v) is 4.96. The van der Waals surface area contributed by atoms with E-state index in [1.54, 1.807) is 4.90 Å². The standard InChI is InChI=1S/C20H23N5O3S/c26-20(22-13-17-7-3-6-16-5-1-2-8-18(16)17)24-9-4-10-25(12-11-24)29(27,28)19-14-21-15-23-19/h1-3,5-8,14-15H,4,9-13H2,(H,21,23)(H,22,26). The Hall–Kier alpha value is -2.91. The summed E-state index contributed by atoms with van der Waals surface area (Å²) in [7, 11) is -3.61. The molecular weight excluding hydrogens is 390 g/mol. The van der Waals surface area contributed by atoms with Crippen LogP contribution in [0.5, 0.6) is 0 Å². The minimum Gasteiger partial charge on any atom is -0.335 e. The van der Waals surface area contributed by atoms with E-state index in [0.29, 0.717) is 32.6 Å². The van der Waals surface area contributed by atoms with Crippen LogP contribution in [0, 0.1) is 0 Å². The predicted octanol–water partition coefficient (Wildman–Crippen LogP) is 2.17. The van der Waals surface area contributed by atoms with Crippen LogP contribution < -0.4 is 5.32 Å². The maximum Gasteiger partial charge on any atom is 0.317 e. The Morgan fingerprint density at radius 3 is 2.72 bits per heavy atom. The average Bonchev–Trinajstić information content (AvgIpc) is 3.17. The third-order valence-corrected chi connectivity index (χ3v) is 6.97. The molecule has 2 aromatic carbocycles. The third kappa shape index (κ3) is 4.10. The smallest absolute Gasteiger partial charge is 0.317 e. The molecule has 0 spiro atoms. The predicted molar refractivity (Wildman–Crippen MR) is 110 cm³/mol. The van der Waals surface area contributed by atoms with Crippen molar-refractivity contribution < 1.29 is 13.2 Å². The molecule has 4 rings (SSSR count). The Kier molecular flexibility index (Phi) is 5.50. The number of nitrogens with one attached hydrogen (secondary N) is 2. The first-order valence-electron chi connectivity index (χ1n) is 9.53. The van der Waals surface area contributed by atoms with E-state index >= 15 is 0 Å². The molecule has 3 aromatic rings. The van der Waals surface area contributed by atoms with Crippen LogP contribution in [-0.2, 0) is 16.6 Å². The van der Waals surface area contributed by atoms with Crippen LogP contribution in [0.4, 0.5) is 4.79 Å². The van der Waals surface area contributed by atoms with E-state index in [1.165, 1.54) is 16.8 Å². The molecule has 152 valence electrons. The first-order valence-corrected chi connectivity index (χ1v) is 11.0. The Balaban J connectivity index is 1.39. The van der Waals surface area contributed by atoms with E-state index in [2.05, 4.69) is 15.3 Å². The zero-order valence-corrected chi connectivity index (χ0v) is 16.7. The molecule has 2 N–H and O–H groups in total. The summed E-state index contributed by atoms with van der Waals surface area (Å²) in [5.74, 6) is 0. The van der Waals surface area contributed by atoms with Gasteiger partial charge in [0.05, 0.1) is 12.5 Å². The van der Waals surface area contributed by atoms with Crippen LogP contribution in [0.1, 0.15) is 12.0 Å². The number of hydrogen-bond acceptors (Lipinski definition) is 4. The second-order valence-corrected chi connectivity index (χ2v) is 8.86. The maximum atomic E-state index is 12.7. The number of benzene rings is 2. The van der Waals surface area contributed by atoms with Gasteiger partial charge in [0.25, 0.3) is 10.0 Å². The highest BCUT2D eigenvalue weighted by Gasteiger charge is 2.29. The molecule has 0 aliphatic carbocycles. The van der Waals surface area contributed by atoms with Gasteiger partial charge in [-0.15, -0.1) is 0 Å². The van der Waals surface area contributed by atoms with Gasteiger partial charge >= 0.3 is 6.03 Å². The van der Waals surface area contributed by atoms with Crippen LogP contribution in [0.15, 0.2) is 60.0 Å². The van der Waals surface area contributed by atoms with Crippen molar-refractivity contribution in [3.8, 4) is 0 Å². The summed E-state index contributed by atoms with van der Waals surface area (Å²) in [6.45, 7) is 1.90. The van der Waals surface area contributed by atoms with E-state index in [-0.39, 0.29) is 17.6 Å². The summed E-state index contributed by atoms with van der Waals surface area (Å²) in [6.07, 6.45) is 3.22. The summed E-state index contributed by atoms with van der Waals surface area (Å²) in [4.78, 5) is 20.8. The summed E-state index contributed by atoms with van der Waals surface area (Å²) < 4.78 is 26.7. The zero-order chi connectivity index (χ0) is 20.3. The van der Waals surface area contributed by atoms with Crippen LogP contribution in [-0.4, -0.2) is 59.8 Å². The summed E-state index contributed by atoms with van der Waals surface area (Å²) in [5, 5.41) is 5.29. The number of carbonyl (C=O) groups is 1. The number of amides is 2. The third-order valence-electron chi connectivity index (χ3n) is 5.14. The number of imidazole rings is 1. The van der Waals surface area contributed by atoms with Gasteiger partial charge in [-0.1, -0.05) is 42.5 Å². The number of sulfonamides is 1. The molecule has 29 heavy (non-hydrogen) atoms. The molecule has 1 fully saturated rings. The van der Waals surface area contributed by atoms with Crippen molar-refractivity contribution in [2.45, 2.75) is 18.0 Å². The van der Waals surface area contributed by atoms with Crippen molar-refractivity contribution in [1.82, 2.24) is 24.5 Å². The van der Waals surface area contributed by atoms with Crippen LogP contribution >= 0.6 is 0 Å². The molecule has 2 heterocycles. The fourth-order valence-electron chi connectivity index (χ4n) is 3.59. The van der Waals surface area contributed by atoms with Gasteiger partial charge in [-0.05, 0) is 22.8 Å². The van der Waals surface area contributed by atoms with Crippen molar-refractivity contribution in [3.05, 3.63) is 60.6 Å². The molecule has 9 heteroatoms. The molecule has 0 unspecified atom stereocenters. The van der Waals surface area contributed by atoms with Gasteiger partial charge in [0.1, 0.15) is 0 Å². The number of H-pyrrole nitrogens is 1. The highest BCUT2D eigenvalue weighted by molar-refractivity contribution is 7.89. The van der Waals surface area contributed by atoms with E-state index in [1.807, 2.05) is 42.5 Å². The molecule has 8 nitrogen and oxygen atoms in total. The van der Waals surface area contributed by atoms with Crippen molar-refractivity contribution >= 4 is 26.8 Å². The van der Waals surface area contributed by atoms with E-state index in [4.69, 9.17) is 0 Å². The summed E-state index contributed by atoms with van der Waals surface area (Å²) in [6, 6.07) is 13.9. The number of fused-ring (bicyclic) bond motifs is 1. The lowest BCUT2D eigenvalue weighted by molar-refractivity contribution is 0.200. The van der Waals surface area contributed by atoms with Crippen molar-refractivity contribution in [2.24, 2.45) is 0 Å². The molecule has 1 aromatic heterocycles. The Labute approximate surface area is 169 Å². The Morgan fingerprint density at radius 1 is 1.07 bits per heavy atom. The minimum atomic E-state index is -3.61. The highest BCUT2D eigenvalue weighted by Crippen LogP contribution is 2.19. The Morgan fingerprint density at radius 2 is 1.90 bits per heavy atom. The molecule has 1 aliphatic heterocycles. The second kappa shape index (κ2) is 8.22. The number of hydrogen-bond donors (Lipinski definition) is 2. The van der Waals surface area contributed by atoms with Gasteiger partial charge in [-0.3, -0.25) is 0 Å². The molecule has 2 amide bonds. The van der Waals surface area contributed by atoms with Gasteiger partial charge < -0.3 is 15.2 Å². The van der Waals surface area contributed by atoms with Gasteiger partial charge in [-0.2, -0.15) is 4.31 Å². The van der Waals surface area contributed by atoms with Gasteiger partial charge in [-0.25, -0.2) is 18.2 Å². The summed E-state index contributed by atoms with van der Waals surface area (Å²) >= 11 is 0. The molecule has 1 saturated heterocycles. The molecule has 0 bridgehead atoms. The molecule has 0 saturated carbocycles. The van der Waals surface area contributed by atoms with E-state index in [9.17, 15) is 13.2 Å². The first kappa shape index (κ1) is 19.4. The van der Waals surface area contributed by atoms with Gasteiger partial charge in [0.2, 0.25) is 0 Å². The molecular formula is C20H23N5O3S. The van der Waals surface area contributed by atoms with Crippen LogP contribution in [0.25, 0.3) is 10.8 Å². The number of nitrogens with zero attached hydrogens (tertiary/aromatic N) is 3. The average molecular weight is 414 g/mol. The number of carbonyl (C=O) groups excluding carboxylic acids is 1. The van der Waals surface area contributed by atoms with Crippen LogP contribution in [0.2, 0.25) is 0 Å². The van der Waals surface area contributed by atoms with Crippen LogP contribution in [0.3, 0.4) is 0 Å². The SMILES string of the molecule is O=C(NCc1cccc2ccccc12)N1CCCN(S(=O)(=O)c2cnc[nH]2)CC1. The molecule has 1 aliphatic rings. The van der Waals surface area contributed by atoms with Gasteiger partial charge in [0, 0.05) is 32.7 Å². The topological polar surface area (TPSA) is 98.4 Å². The quantitative estimate of drug-likeness (QED) is 0.685. The van der Waals surface area contributed by atoms with E-state index < -0.39 is 10.0 Å². The Bertz CT molecular complexity index is 1090. The monoisotopic (exact) mass is 413 g/mol. The first-order chi connectivity index (χ1) is 14.1. The van der Waals surface area contributed by atoms with Crippen molar-refractivity contribution in [2.75, 3.05) is 26.2 Å². The second-order valence-electron chi connectivity index (χ2n) is 6.96. The normalized spacial score (nSPS) is 15.9.